The van der Waals surface area contributed by atoms with Gasteiger partial charge >= 0.3 is 6.18 Å². The Hall–Kier alpha value is -1.27. The maximum absolute atomic E-state index is 12.8. The molecular weight excluding hydrogens is 329 g/mol. The van der Waals surface area contributed by atoms with Crippen LogP contribution in [0.3, 0.4) is 0 Å². The molecular formula is C16H22ClF3N2O. The van der Waals surface area contributed by atoms with E-state index in [4.69, 9.17) is 5.73 Å². The highest BCUT2D eigenvalue weighted by molar-refractivity contribution is 5.87. The zero-order valence-electron chi connectivity index (χ0n) is 13.1. The monoisotopic (exact) mass is 350 g/mol. The lowest BCUT2D eigenvalue weighted by Crippen LogP contribution is -2.48. The van der Waals surface area contributed by atoms with Gasteiger partial charge in [-0.15, -0.1) is 12.4 Å². The minimum atomic E-state index is -4.42. The van der Waals surface area contributed by atoms with Crippen molar-refractivity contribution in [2.24, 2.45) is 11.7 Å². The Bertz CT molecular complexity index is 557. The van der Waals surface area contributed by atoms with Gasteiger partial charge in [0.25, 0.3) is 0 Å². The molecule has 1 saturated carbocycles. The van der Waals surface area contributed by atoms with E-state index in [0.29, 0.717) is 18.0 Å². The molecule has 7 heteroatoms. The lowest BCUT2D eigenvalue weighted by molar-refractivity contribution is -0.138. The average Bonchev–Trinajstić information content (AvgIpc) is 3.28. The molecule has 0 bridgehead atoms. The summed E-state index contributed by atoms with van der Waals surface area (Å²) in [4.78, 5) is 12.5. The van der Waals surface area contributed by atoms with Gasteiger partial charge in [0.2, 0.25) is 5.91 Å². The number of carbonyl (C=O) groups is 1. The van der Waals surface area contributed by atoms with E-state index in [1.54, 1.807) is 19.9 Å². The van der Waals surface area contributed by atoms with Crippen LogP contribution in [0.1, 0.15) is 37.8 Å². The van der Waals surface area contributed by atoms with E-state index in [1.807, 2.05) is 0 Å². The SMILES string of the molecule is CC(C)(C(=O)NC(CN)C1CC1)c1cccc(C(F)(F)F)c1.Cl. The zero-order chi connectivity index (χ0) is 16.5. The molecule has 1 unspecified atom stereocenters. The van der Waals surface area contributed by atoms with Crippen molar-refractivity contribution in [3.8, 4) is 0 Å². The van der Waals surface area contributed by atoms with Gasteiger partial charge in [0.05, 0.1) is 11.0 Å². The van der Waals surface area contributed by atoms with Crippen molar-refractivity contribution in [1.29, 1.82) is 0 Å². The van der Waals surface area contributed by atoms with Crippen LogP contribution in [0.2, 0.25) is 0 Å². The second-order valence-corrected chi connectivity index (χ2v) is 6.36. The lowest BCUT2D eigenvalue weighted by atomic mass is 9.82. The Balaban J connectivity index is 0.00000264. The van der Waals surface area contributed by atoms with Crippen LogP contribution in [0.5, 0.6) is 0 Å². The van der Waals surface area contributed by atoms with E-state index in [0.717, 1.165) is 25.0 Å². The van der Waals surface area contributed by atoms with Crippen LogP contribution in [0.15, 0.2) is 24.3 Å². The molecule has 3 nitrogen and oxygen atoms in total. The molecule has 0 radical (unpaired) electrons. The number of nitrogens with one attached hydrogen (secondary N) is 1. The summed E-state index contributed by atoms with van der Waals surface area (Å²) in [6.45, 7) is 3.59. The smallest absolute Gasteiger partial charge is 0.351 e. The molecule has 1 aliphatic carbocycles. The summed E-state index contributed by atoms with van der Waals surface area (Å²) < 4.78 is 38.5. The molecule has 1 fully saturated rings. The van der Waals surface area contributed by atoms with Crippen LogP contribution in [0.4, 0.5) is 13.2 Å². The topological polar surface area (TPSA) is 55.1 Å². The van der Waals surface area contributed by atoms with E-state index in [9.17, 15) is 18.0 Å². The molecule has 130 valence electrons. The molecule has 23 heavy (non-hydrogen) atoms. The molecule has 1 aromatic rings. The molecule has 0 saturated heterocycles. The fraction of sp³-hybridized carbons (Fsp3) is 0.562. The largest absolute Gasteiger partial charge is 0.416 e. The van der Waals surface area contributed by atoms with Gasteiger partial charge in [0.1, 0.15) is 0 Å². The van der Waals surface area contributed by atoms with Crippen molar-refractivity contribution in [2.75, 3.05) is 6.54 Å². The number of halogens is 4. The summed E-state index contributed by atoms with van der Waals surface area (Å²) in [5, 5.41) is 2.88. The van der Waals surface area contributed by atoms with Gasteiger partial charge in [0.15, 0.2) is 0 Å². The quantitative estimate of drug-likeness (QED) is 0.856. The van der Waals surface area contributed by atoms with Crippen molar-refractivity contribution < 1.29 is 18.0 Å². The summed E-state index contributed by atoms with van der Waals surface area (Å²) in [6.07, 6.45) is -2.35. The van der Waals surface area contributed by atoms with Gasteiger partial charge in [-0.25, -0.2) is 0 Å². The molecule has 1 amide bonds. The Morgan fingerprint density at radius 1 is 1.30 bits per heavy atom. The minimum Gasteiger partial charge on any atom is -0.351 e. The third-order valence-corrected chi connectivity index (χ3v) is 4.24. The summed E-state index contributed by atoms with van der Waals surface area (Å²) in [6, 6.07) is 4.81. The predicted octanol–water partition coefficient (Wildman–Crippen LogP) is 3.26. The molecule has 1 aromatic carbocycles. The van der Waals surface area contributed by atoms with E-state index in [-0.39, 0.29) is 24.4 Å². The summed E-state index contributed by atoms with van der Waals surface area (Å²) in [7, 11) is 0. The van der Waals surface area contributed by atoms with E-state index >= 15 is 0 Å². The first kappa shape index (κ1) is 19.8. The van der Waals surface area contributed by atoms with Crippen LogP contribution < -0.4 is 11.1 Å². The number of rotatable bonds is 5. The molecule has 0 aromatic heterocycles. The fourth-order valence-electron chi connectivity index (χ4n) is 2.43. The number of hydrogen-bond acceptors (Lipinski definition) is 2. The number of nitrogens with two attached hydrogens (primary N) is 1. The van der Waals surface area contributed by atoms with Crippen LogP contribution >= 0.6 is 12.4 Å². The van der Waals surface area contributed by atoms with Gasteiger partial charge < -0.3 is 11.1 Å². The molecule has 2 rings (SSSR count). The summed E-state index contributed by atoms with van der Waals surface area (Å²) in [5.41, 5.74) is 4.20. The number of carbonyl (C=O) groups excluding carboxylic acids is 1. The van der Waals surface area contributed by atoms with Crippen molar-refractivity contribution in [3.63, 3.8) is 0 Å². The van der Waals surface area contributed by atoms with Crippen LogP contribution in [0.25, 0.3) is 0 Å². The maximum atomic E-state index is 12.8. The van der Waals surface area contributed by atoms with Crippen LogP contribution in [-0.2, 0) is 16.4 Å². The highest BCUT2D eigenvalue weighted by Gasteiger charge is 2.37. The standard InChI is InChI=1S/C16H21F3N2O.ClH/c1-15(2,14(22)21-13(9-20)10-6-7-10)11-4-3-5-12(8-11)16(17,18)19;/h3-5,8,10,13H,6-7,9,20H2,1-2H3,(H,21,22);1H. The first-order valence-electron chi connectivity index (χ1n) is 7.35. The number of alkyl halides is 3. The Kier molecular flexibility index (Phi) is 6.10. The number of benzene rings is 1. The van der Waals surface area contributed by atoms with Gasteiger partial charge in [-0.1, -0.05) is 18.2 Å². The maximum Gasteiger partial charge on any atom is 0.416 e. The van der Waals surface area contributed by atoms with Crippen molar-refractivity contribution in [1.82, 2.24) is 5.32 Å². The summed E-state index contributed by atoms with van der Waals surface area (Å²) in [5.74, 6) is 0.0976. The predicted molar refractivity (Wildman–Crippen MR) is 85.4 cm³/mol. The highest BCUT2D eigenvalue weighted by atomic mass is 35.5. The zero-order valence-corrected chi connectivity index (χ0v) is 13.9. The molecule has 1 aliphatic rings. The molecule has 0 spiro atoms. The van der Waals surface area contributed by atoms with Crippen molar-refractivity contribution >= 4 is 18.3 Å². The Labute approximate surface area is 140 Å². The van der Waals surface area contributed by atoms with E-state index in [1.165, 1.54) is 6.07 Å². The molecule has 0 heterocycles. The van der Waals surface area contributed by atoms with E-state index < -0.39 is 17.2 Å². The molecule has 3 N–H and O–H groups in total. The van der Waals surface area contributed by atoms with Gasteiger partial charge in [-0.3, -0.25) is 4.79 Å². The van der Waals surface area contributed by atoms with Crippen molar-refractivity contribution in [2.45, 2.75) is 44.3 Å². The third kappa shape index (κ3) is 4.61. The van der Waals surface area contributed by atoms with Crippen LogP contribution in [-0.4, -0.2) is 18.5 Å². The Morgan fingerprint density at radius 2 is 1.87 bits per heavy atom. The minimum absolute atomic E-state index is 0. The first-order valence-corrected chi connectivity index (χ1v) is 7.35. The fourth-order valence-corrected chi connectivity index (χ4v) is 2.43. The number of hydrogen-bond donors (Lipinski definition) is 2. The normalized spacial score (nSPS) is 16.4. The second kappa shape index (κ2) is 7.09. The highest BCUT2D eigenvalue weighted by Crippen LogP contribution is 2.35. The van der Waals surface area contributed by atoms with Gasteiger partial charge in [0, 0.05) is 12.6 Å². The van der Waals surface area contributed by atoms with Gasteiger partial charge in [-0.05, 0) is 44.2 Å². The summed E-state index contributed by atoms with van der Waals surface area (Å²) >= 11 is 0. The molecule has 1 atom stereocenters. The molecule has 0 aliphatic heterocycles. The number of amides is 1. The van der Waals surface area contributed by atoms with Gasteiger partial charge in [-0.2, -0.15) is 13.2 Å². The second-order valence-electron chi connectivity index (χ2n) is 6.36. The average molecular weight is 351 g/mol. The third-order valence-electron chi connectivity index (χ3n) is 4.24. The van der Waals surface area contributed by atoms with E-state index in [2.05, 4.69) is 5.32 Å². The Morgan fingerprint density at radius 3 is 2.35 bits per heavy atom. The van der Waals surface area contributed by atoms with Crippen molar-refractivity contribution in [3.05, 3.63) is 35.4 Å². The lowest BCUT2D eigenvalue weighted by Gasteiger charge is -2.28. The first-order chi connectivity index (χ1) is 10.2. The van der Waals surface area contributed by atoms with Crippen LogP contribution in [0, 0.1) is 5.92 Å².